The quantitative estimate of drug-likeness (QED) is 0.0279. The number of carbonyl (C=O) groups excluding carboxylic acids is 6. The molecule has 0 saturated carbocycles. The van der Waals surface area contributed by atoms with E-state index in [-0.39, 0.29) is 76.4 Å². The lowest BCUT2D eigenvalue weighted by atomic mass is 9.68. The van der Waals surface area contributed by atoms with Crippen LogP contribution in [0, 0.1) is 0 Å². The number of esters is 2. The van der Waals surface area contributed by atoms with Crippen LogP contribution in [0.15, 0.2) is 48.5 Å². The maximum absolute atomic E-state index is 14.1. The Labute approximate surface area is 533 Å². The maximum atomic E-state index is 14.1. The van der Waals surface area contributed by atoms with Crippen LogP contribution in [0.1, 0.15) is 248 Å². The number of rotatable bonds is 38. The number of imide groups is 2. The Kier molecular flexibility index (Phi) is 26.4. The molecule has 0 bridgehead atoms. The summed E-state index contributed by atoms with van der Waals surface area (Å²) in [5, 5.41) is 28.9. The van der Waals surface area contributed by atoms with Gasteiger partial charge in [-0.15, -0.1) is 0 Å². The molecule has 18 nitrogen and oxygen atoms in total. The molecule has 4 fully saturated rings. The van der Waals surface area contributed by atoms with Gasteiger partial charge in [-0.1, -0.05) is 155 Å². The molecular weight excluding hydrogens is 1130 g/mol. The summed E-state index contributed by atoms with van der Waals surface area (Å²) >= 11 is 0. The highest BCUT2D eigenvalue weighted by atomic mass is 16.5. The Morgan fingerprint density at radius 3 is 1.08 bits per heavy atom. The van der Waals surface area contributed by atoms with Crippen molar-refractivity contribution in [3.05, 3.63) is 59.7 Å². The SMILES string of the molecule is CCCCCCCCCCCC(=O)OCCN1C(=O)NC2(CC(C)(C)N(CC(O)COc3ccc(C(C)(C)c4ccc(OCC(O)CN5C(C)(C)CC6(CC5(C)C)NC(=O)N(CCOC(=O)CCCCCCCCCCC)C6=O)cc4)cc3)C(C)(C)C2)C1=O. The van der Waals surface area contributed by atoms with Gasteiger partial charge in [-0.3, -0.25) is 38.8 Å². The molecule has 89 heavy (non-hydrogen) atoms. The van der Waals surface area contributed by atoms with E-state index in [4.69, 9.17) is 18.9 Å². The first kappa shape index (κ1) is 72.8. The first-order valence-electron chi connectivity index (χ1n) is 34.0. The number of ether oxygens (including phenoxy) is 4. The van der Waals surface area contributed by atoms with Crippen LogP contribution in [-0.2, 0) is 34.1 Å². The molecule has 4 aliphatic heterocycles. The van der Waals surface area contributed by atoms with Crippen molar-refractivity contribution in [3.8, 4) is 11.5 Å². The highest BCUT2D eigenvalue weighted by Gasteiger charge is 2.63. The Bertz CT molecular complexity index is 2410. The largest absolute Gasteiger partial charge is 0.491 e. The fourth-order valence-electron chi connectivity index (χ4n) is 15.1. The molecule has 0 aromatic heterocycles. The van der Waals surface area contributed by atoms with E-state index in [1.54, 1.807) is 0 Å². The van der Waals surface area contributed by atoms with E-state index in [2.05, 4.69) is 48.1 Å². The van der Waals surface area contributed by atoms with Crippen molar-refractivity contribution < 1.29 is 57.9 Å². The van der Waals surface area contributed by atoms with Gasteiger partial charge < -0.3 is 39.8 Å². The third-order valence-corrected chi connectivity index (χ3v) is 19.3. The van der Waals surface area contributed by atoms with Crippen LogP contribution in [0.3, 0.4) is 0 Å². The van der Waals surface area contributed by atoms with Crippen LogP contribution < -0.4 is 20.1 Å². The van der Waals surface area contributed by atoms with Crippen LogP contribution in [0.25, 0.3) is 0 Å². The molecule has 4 aliphatic rings. The van der Waals surface area contributed by atoms with Crippen molar-refractivity contribution in [2.75, 3.05) is 52.6 Å². The van der Waals surface area contributed by atoms with Crippen LogP contribution in [0.4, 0.5) is 9.59 Å². The number of nitrogens with zero attached hydrogens (tertiary/aromatic N) is 4. The normalized spacial score (nSPS) is 20.0. The second kappa shape index (κ2) is 32.3. The van der Waals surface area contributed by atoms with E-state index < -0.39 is 62.9 Å². The second-order valence-electron chi connectivity index (χ2n) is 29.3. The number of nitrogens with one attached hydrogen (secondary N) is 2. The van der Waals surface area contributed by atoms with Crippen molar-refractivity contribution >= 4 is 35.8 Å². The summed E-state index contributed by atoms with van der Waals surface area (Å²) in [6.45, 7) is 25.5. The third-order valence-electron chi connectivity index (χ3n) is 19.3. The van der Waals surface area contributed by atoms with Gasteiger partial charge in [-0.2, -0.15) is 0 Å². The molecule has 4 heterocycles. The zero-order chi connectivity index (χ0) is 65.3. The first-order chi connectivity index (χ1) is 42.0. The smallest absolute Gasteiger partial charge is 0.325 e. The molecule has 2 aromatic rings. The molecule has 500 valence electrons. The Hall–Kier alpha value is -5.30. The minimum atomic E-state index is -1.13. The van der Waals surface area contributed by atoms with Crippen molar-refractivity contribution in [2.45, 2.75) is 288 Å². The zero-order valence-corrected chi connectivity index (χ0v) is 56.7. The number of β-amino-alcohol motifs (C(OH)–C–C–N with tert-alkyl or cyclic N) is 2. The molecule has 0 aliphatic carbocycles. The fraction of sp³-hybridized carbons (Fsp3) is 0.746. The van der Waals surface area contributed by atoms with Gasteiger partial charge >= 0.3 is 24.0 Å². The number of aliphatic hydroxyl groups is 2. The molecule has 4 saturated heterocycles. The predicted octanol–water partition coefficient (Wildman–Crippen LogP) is 12.3. The number of unbranched alkanes of at least 4 members (excludes halogenated alkanes) is 16. The summed E-state index contributed by atoms with van der Waals surface area (Å²) in [4.78, 5) is 86.6. The minimum absolute atomic E-state index is 0.00532. The summed E-state index contributed by atoms with van der Waals surface area (Å²) in [7, 11) is 0. The van der Waals surface area contributed by atoms with Crippen molar-refractivity contribution in [3.63, 3.8) is 0 Å². The minimum Gasteiger partial charge on any atom is -0.491 e. The van der Waals surface area contributed by atoms with Gasteiger partial charge in [0.25, 0.3) is 11.8 Å². The van der Waals surface area contributed by atoms with E-state index in [0.717, 1.165) is 49.7 Å². The average molecular weight is 1240 g/mol. The van der Waals surface area contributed by atoms with Gasteiger partial charge in [0.05, 0.1) is 13.1 Å². The summed E-state index contributed by atoms with van der Waals surface area (Å²) in [6, 6.07) is 14.7. The number of benzene rings is 2. The molecule has 2 atom stereocenters. The number of carbonyl (C=O) groups is 6. The van der Waals surface area contributed by atoms with E-state index >= 15 is 0 Å². The van der Waals surface area contributed by atoms with Gasteiger partial charge in [0, 0.05) is 53.5 Å². The van der Waals surface area contributed by atoms with Gasteiger partial charge in [0.15, 0.2) is 0 Å². The fourth-order valence-corrected chi connectivity index (χ4v) is 15.1. The second-order valence-corrected chi connectivity index (χ2v) is 29.3. The standard InChI is InChI=1S/C71H114N6O12/c1-13-15-17-19-21-23-25-27-29-31-59(80)86-43-41-74-61(82)70(72-63(74)84)49-65(3,4)76(66(5,6)50-70)45-55(78)47-88-57-37-33-53(34-38-57)69(11,12)54-35-39-58(40-36-54)89-48-56(79)46-77-67(7,8)51-71(52-68(77,9)10)62(83)75(64(85)73-71)42-44-87-60(81)32-30-28-26-24-22-20-18-16-14-2/h33-40,55-56,78-79H,13-32,41-52H2,1-12H3,(H,72,84)(H,73,85). The maximum Gasteiger partial charge on any atom is 0.325 e. The molecule has 2 spiro atoms. The monoisotopic (exact) mass is 1240 g/mol. The van der Waals surface area contributed by atoms with Gasteiger partial charge in [-0.05, 0) is 129 Å². The Morgan fingerprint density at radius 2 is 0.775 bits per heavy atom. The molecule has 6 rings (SSSR count). The van der Waals surface area contributed by atoms with Crippen LogP contribution >= 0.6 is 0 Å². The van der Waals surface area contributed by atoms with Gasteiger partial charge in [-0.25, -0.2) is 9.59 Å². The van der Waals surface area contributed by atoms with E-state index in [0.29, 0.717) is 50.0 Å². The molecule has 6 amide bonds. The molecular formula is C71H114N6O12. The lowest BCUT2D eigenvalue weighted by Gasteiger charge is -2.58. The van der Waals surface area contributed by atoms with Crippen LogP contribution in [-0.4, -0.2) is 164 Å². The highest BCUT2D eigenvalue weighted by molar-refractivity contribution is 6.08. The Morgan fingerprint density at radius 1 is 0.483 bits per heavy atom. The predicted molar refractivity (Wildman–Crippen MR) is 348 cm³/mol. The van der Waals surface area contributed by atoms with Crippen LogP contribution in [0.5, 0.6) is 11.5 Å². The average Bonchev–Trinajstić information content (AvgIpc) is 1.69. The zero-order valence-electron chi connectivity index (χ0n) is 56.7. The Balaban J connectivity index is 0.907. The number of piperidine rings is 2. The number of hydrogen-bond donors (Lipinski definition) is 4. The van der Waals surface area contributed by atoms with Crippen molar-refractivity contribution in [2.24, 2.45) is 0 Å². The molecule has 4 N–H and O–H groups in total. The lowest BCUT2D eigenvalue weighted by molar-refractivity contribution is -0.147. The summed E-state index contributed by atoms with van der Waals surface area (Å²) in [5.41, 5.74) is -2.94. The number of hydrogen-bond acceptors (Lipinski definition) is 14. The molecule has 2 unspecified atom stereocenters. The number of amides is 6. The molecule has 0 radical (unpaired) electrons. The molecule has 2 aromatic carbocycles. The van der Waals surface area contributed by atoms with Crippen molar-refractivity contribution in [1.29, 1.82) is 0 Å². The summed E-state index contributed by atoms with van der Waals surface area (Å²) in [5.74, 6) is -0.0149. The highest BCUT2D eigenvalue weighted by Crippen LogP contribution is 2.48. The number of likely N-dealkylation sites (tertiary alicyclic amines) is 2. The van der Waals surface area contributed by atoms with Gasteiger partial charge in [0.1, 0.15) is 61.2 Å². The third kappa shape index (κ3) is 19.9. The van der Waals surface area contributed by atoms with E-state index in [9.17, 15) is 39.0 Å². The number of urea groups is 2. The van der Waals surface area contributed by atoms with Crippen LogP contribution in [0.2, 0.25) is 0 Å². The van der Waals surface area contributed by atoms with Crippen molar-refractivity contribution in [1.82, 2.24) is 30.2 Å². The van der Waals surface area contributed by atoms with E-state index in [1.807, 2.05) is 104 Å². The van der Waals surface area contributed by atoms with Gasteiger partial charge in [0.2, 0.25) is 0 Å². The summed E-state index contributed by atoms with van der Waals surface area (Å²) in [6.07, 6.45) is 21.0. The lowest BCUT2D eigenvalue weighted by Crippen LogP contribution is -2.70. The number of aliphatic hydroxyl groups excluding tert-OH is 2. The van der Waals surface area contributed by atoms with E-state index in [1.165, 1.54) is 86.8 Å². The first-order valence-corrected chi connectivity index (χ1v) is 34.0. The molecule has 18 heteroatoms. The topological polar surface area (TPSA) is 217 Å². The summed E-state index contributed by atoms with van der Waals surface area (Å²) < 4.78 is 23.3.